The Kier molecular flexibility index (Phi) is 7.36. The fraction of sp³-hybridized carbons (Fsp3) is 0.433. The van der Waals surface area contributed by atoms with Gasteiger partial charge < -0.3 is 24.4 Å². The number of amides is 1. The highest BCUT2D eigenvalue weighted by Gasteiger charge is 2.46. The van der Waals surface area contributed by atoms with Gasteiger partial charge in [0, 0.05) is 44.2 Å². The first kappa shape index (κ1) is 26.1. The molecule has 8 heteroatoms. The van der Waals surface area contributed by atoms with E-state index in [1.54, 1.807) is 24.9 Å². The van der Waals surface area contributed by atoms with Crippen molar-refractivity contribution >= 4 is 12.0 Å². The van der Waals surface area contributed by atoms with E-state index in [4.69, 9.17) is 14.5 Å². The predicted molar refractivity (Wildman–Crippen MR) is 146 cm³/mol. The second-order valence-corrected chi connectivity index (χ2v) is 10.8. The summed E-state index contributed by atoms with van der Waals surface area (Å²) in [6.45, 7) is 8.99. The maximum Gasteiger partial charge on any atom is 0.411 e. The van der Waals surface area contributed by atoms with E-state index in [9.17, 15) is 9.90 Å². The van der Waals surface area contributed by atoms with Crippen molar-refractivity contribution < 1.29 is 19.4 Å². The van der Waals surface area contributed by atoms with Gasteiger partial charge in [-0.05, 0) is 38.0 Å². The molecule has 1 N–H and O–H groups in total. The van der Waals surface area contributed by atoms with E-state index in [0.29, 0.717) is 38.5 Å². The fourth-order valence-electron chi connectivity index (χ4n) is 5.43. The number of carbonyl (C=O) groups is 1. The van der Waals surface area contributed by atoms with Gasteiger partial charge in [0.2, 0.25) is 5.95 Å². The second kappa shape index (κ2) is 10.7. The van der Waals surface area contributed by atoms with Crippen LogP contribution < -0.4 is 4.90 Å². The number of hydrogen-bond donors (Lipinski definition) is 1. The van der Waals surface area contributed by atoms with Crippen LogP contribution in [0.25, 0.3) is 11.3 Å². The molecular weight excluding hydrogens is 480 g/mol. The number of carbonyl (C=O) groups excluding carboxylic acids is 1. The van der Waals surface area contributed by atoms with Crippen molar-refractivity contribution in [2.75, 3.05) is 37.7 Å². The van der Waals surface area contributed by atoms with Crippen molar-refractivity contribution in [2.24, 2.45) is 0 Å². The molecule has 1 amide bonds. The first-order valence-electron chi connectivity index (χ1n) is 13.3. The van der Waals surface area contributed by atoms with E-state index in [2.05, 4.69) is 9.88 Å². The van der Waals surface area contributed by atoms with Crippen molar-refractivity contribution in [1.82, 2.24) is 14.9 Å². The van der Waals surface area contributed by atoms with Crippen molar-refractivity contribution in [2.45, 2.75) is 50.9 Å². The molecule has 1 aromatic heterocycles. The molecule has 2 atom stereocenters. The molecule has 0 spiro atoms. The van der Waals surface area contributed by atoms with Crippen LogP contribution in [0.2, 0.25) is 0 Å². The molecule has 0 aliphatic carbocycles. The molecule has 3 aromatic rings. The number of morpholine rings is 1. The van der Waals surface area contributed by atoms with Gasteiger partial charge in [-0.1, -0.05) is 54.6 Å². The molecule has 0 radical (unpaired) electrons. The summed E-state index contributed by atoms with van der Waals surface area (Å²) >= 11 is 0. The zero-order chi connectivity index (χ0) is 26.8. The van der Waals surface area contributed by atoms with Gasteiger partial charge in [0.1, 0.15) is 5.60 Å². The van der Waals surface area contributed by atoms with Crippen LogP contribution in [0.1, 0.15) is 50.8 Å². The Morgan fingerprint density at radius 3 is 2.39 bits per heavy atom. The van der Waals surface area contributed by atoms with Crippen LogP contribution in [-0.4, -0.2) is 64.5 Å². The molecule has 8 nitrogen and oxygen atoms in total. The van der Waals surface area contributed by atoms with E-state index in [1.165, 1.54) is 0 Å². The van der Waals surface area contributed by atoms with Gasteiger partial charge in [0.25, 0.3) is 0 Å². The smallest absolute Gasteiger partial charge is 0.411 e. The number of benzene rings is 2. The predicted octanol–water partition coefficient (Wildman–Crippen LogP) is 4.94. The zero-order valence-corrected chi connectivity index (χ0v) is 22.3. The monoisotopic (exact) mass is 516 g/mol. The summed E-state index contributed by atoms with van der Waals surface area (Å²) in [6, 6.07) is 19.7. The van der Waals surface area contributed by atoms with Gasteiger partial charge in [0.15, 0.2) is 0 Å². The third kappa shape index (κ3) is 5.66. The minimum absolute atomic E-state index is 0.165. The van der Waals surface area contributed by atoms with Crippen LogP contribution in [0.3, 0.4) is 0 Å². The summed E-state index contributed by atoms with van der Waals surface area (Å²) in [4.78, 5) is 26.5. The molecule has 38 heavy (non-hydrogen) atoms. The highest BCUT2D eigenvalue weighted by molar-refractivity contribution is 5.70. The van der Waals surface area contributed by atoms with Gasteiger partial charge in [0.05, 0.1) is 30.6 Å². The molecule has 5 rings (SSSR count). The average Bonchev–Trinajstić information content (AvgIpc) is 2.93. The lowest BCUT2D eigenvalue weighted by atomic mass is 9.80. The van der Waals surface area contributed by atoms with Crippen LogP contribution in [0, 0.1) is 0 Å². The Balaban J connectivity index is 1.31. The normalized spacial score (nSPS) is 21.2. The molecule has 2 saturated heterocycles. The van der Waals surface area contributed by atoms with Gasteiger partial charge >= 0.3 is 6.09 Å². The summed E-state index contributed by atoms with van der Waals surface area (Å²) in [5, 5.41) is 10.6. The van der Waals surface area contributed by atoms with E-state index in [1.807, 2.05) is 67.6 Å². The Hall–Kier alpha value is -3.49. The third-order valence-corrected chi connectivity index (χ3v) is 7.38. The Bertz CT molecular complexity index is 1240. The Morgan fingerprint density at radius 1 is 1.03 bits per heavy atom. The van der Waals surface area contributed by atoms with Crippen molar-refractivity contribution in [3.63, 3.8) is 0 Å². The number of anilines is 1. The zero-order valence-electron chi connectivity index (χ0n) is 22.3. The fourth-order valence-corrected chi connectivity index (χ4v) is 5.43. The maximum absolute atomic E-state index is 13.4. The number of cyclic esters (lactones) is 1. The molecule has 1 unspecified atom stereocenters. The number of nitrogens with zero attached hydrogens (tertiary/aromatic N) is 4. The molecule has 0 bridgehead atoms. The summed E-state index contributed by atoms with van der Waals surface area (Å²) in [6.07, 6.45) is 2.35. The first-order valence-corrected chi connectivity index (χ1v) is 13.3. The number of hydrogen-bond acceptors (Lipinski definition) is 7. The molecule has 2 fully saturated rings. The average molecular weight is 517 g/mol. The van der Waals surface area contributed by atoms with Crippen molar-refractivity contribution in [1.29, 1.82) is 0 Å². The lowest BCUT2D eigenvalue weighted by Crippen LogP contribution is -2.51. The molecule has 3 heterocycles. The van der Waals surface area contributed by atoms with Crippen LogP contribution in [0.15, 0.2) is 66.9 Å². The van der Waals surface area contributed by atoms with E-state index in [0.717, 1.165) is 35.5 Å². The first-order chi connectivity index (χ1) is 18.2. The minimum atomic E-state index is -0.984. The van der Waals surface area contributed by atoms with Gasteiger partial charge in [-0.15, -0.1) is 0 Å². The standard InChI is InChI=1S/C30H36N4O4/c1-22(34-16-14-30(38-28(34)35,21-29(2,3)36)25-7-5-4-6-8-25)23-9-11-24(12-10-23)26-13-15-31-27(32-26)33-17-19-37-20-18-33/h4-13,15,22,36H,14,16-21H2,1-3H3/t22-,30?/m0/s1. The van der Waals surface area contributed by atoms with Crippen LogP contribution in [0.5, 0.6) is 0 Å². The molecule has 2 aromatic carbocycles. The molecule has 2 aliphatic rings. The Morgan fingerprint density at radius 2 is 1.74 bits per heavy atom. The molecular formula is C30H36N4O4. The topological polar surface area (TPSA) is 88.0 Å². The molecule has 200 valence electrons. The van der Waals surface area contributed by atoms with Crippen LogP contribution >= 0.6 is 0 Å². The lowest BCUT2D eigenvalue weighted by Gasteiger charge is -2.45. The molecule has 0 saturated carbocycles. The van der Waals surface area contributed by atoms with Crippen LogP contribution in [-0.2, 0) is 15.1 Å². The van der Waals surface area contributed by atoms with Gasteiger partial charge in [-0.3, -0.25) is 0 Å². The minimum Gasteiger partial charge on any atom is -0.438 e. The summed E-state index contributed by atoms with van der Waals surface area (Å²) < 4.78 is 11.6. The largest absolute Gasteiger partial charge is 0.438 e. The summed E-state index contributed by atoms with van der Waals surface area (Å²) in [7, 11) is 0. The van der Waals surface area contributed by atoms with Crippen molar-refractivity contribution in [3.8, 4) is 11.3 Å². The summed E-state index contributed by atoms with van der Waals surface area (Å²) in [5.74, 6) is 0.715. The number of aliphatic hydroxyl groups is 1. The van der Waals surface area contributed by atoms with E-state index < -0.39 is 11.2 Å². The van der Waals surface area contributed by atoms with Gasteiger partial charge in [-0.2, -0.15) is 0 Å². The van der Waals surface area contributed by atoms with Gasteiger partial charge in [-0.25, -0.2) is 14.8 Å². The number of rotatable bonds is 7. The van der Waals surface area contributed by atoms with E-state index in [-0.39, 0.29) is 12.1 Å². The summed E-state index contributed by atoms with van der Waals surface area (Å²) in [5.41, 5.74) is 1.94. The molecule has 2 aliphatic heterocycles. The van der Waals surface area contributed by atoms with E-state index >= 15 is 0 Å². The second-order valence-electron chi connectivity index (χ2n) is 10.8. The highest BCUT2D eigenvalue weighted by atomic mass is 16.6. The van der Waals surface area contributed by atoms with Crippen molar-refractivity contribution in [3.05, 3.63) is 78.0 Å². The maximum atomic E-state index is 13.4. The lowest BCUT2D eigenvalue weighted by molar-refractivity contribution is -0.101. The SMILES string of the molecule is C[C@@H](c1ccc(-c2ccnc(N3CCOCC3)n2)cc1)N1CCC(CC(C)(C)O)(c2ccccc2)OC1=O. The number of aromatic nitrogens is 2. The Labute approximate surface area is 224 Å². The number of ether oxygens (including phenoxy) is 2. The highest BCUT2D eigenvalue weighted by Crippen LogP contribution is 2.42. The third-order valence-electron chi connectivity index (χ3n) is 7.38. The van der Waals surface area contributed by atoms with Crippen LogP contribution in [0.4, 0.5) is 10.7 Å². The quantitative estimate of drug-likeness (QED) is 0.476.